The molecule has 0 aliphatic carbocycles. The van der Waals surface area contributed by atoms with Gasteiger partial charge in [-0.05, 0) is 62.3 Å². The van der Waals surface area contributed by atoms with E-state index in [1.807, 2.05) is 60.8 Å². The number of amides is 1. The van der Waals surface area contributed by atoms with Crippen molar-refractivity contribution in [1.82, 2.24) is 24.8 Å². The molecule has 1 amide bonds. The van der Waals surface area contributed by atoms with Gasteiger partial charge in [0.25, 0.3) is 11.5 Å². The van der Waals surface area contributed by atoms with Gasteiger partial charge in [-0.3, -0.25) is 14.2 Å². The fourth-order valence-electron chi connectivity index (χ4n) is 4.65. The molecule has 176 valence electrons. The lowest BCUT2D eigenvalue weighted by atomic mass is 10.1. The number of benzene rings is 2. The zero-order chi connectivity index (χ0) is 23.9. The van der Waals surface area contributed by atoms with E-state index in [0.29, 0.717) is 20.9 Å². The third kappa shape index (κ3) is 3.88. The van der Waals surface area contributed by atoms with Crippen LogP contribution < -0.4 is 21.9 Å². The second-order valence-electron chi connectivity index (χ2n) is 8.70. The Morgan fingerprint density at radius 3 is 2.63 bits per heavy atom. The highest BCUT2D eigenvalue weighted by Crippen LogP contribution is 2.28. The Labute approximate surface area is 205 Å². The largest absolute Gasteiger partial charge is 0.379 e. The van der Waals surface area contributed by atoms with Crippen LogP contribution >= 0.6 is 11.3 Å². The van der Waals surface area contributed by atoms with Gasteiger partial charge in [0.05, 0.1) is 21.6 Å². The van der Waals surface area contributed by atoms with E-state index >= 15 is 0 Å². The third-order valence-corrected chi connectivity index (χ3v) is 7.46. The number of thiophene rings is 1. The van der Waals surface area contributed by atoms with Crippen molar-refractivity contribution in [3.8, 4) is 11.4 Å². The van der Waals surface area contributed by atoms with E-state index in [4.69, 9.17) is 5.73 Å². The highest BCUT2D eigenvalue weighted by atomic mass is 32.1. The Bertz CT molecular complexity index is 1610. The summed E-state index contributed by atoms with van der Waals surface area (Å²) in [7, 11) is 0. The van der Waals surface area contributed by atoms with Gasteiger partial charge in [-0.1, -0.05) is 24.3 Å². The van der Waals surface area contributed by atoms with Crippen molar-refractivity contribution in [2.45, 2.75) is 18.9 Å². The molecular weight excluding hydrogens is 460 g/mol. The minimum Gasteiger partial charge on any atom is -0.379 e. The van der Waals surface area contributed by atoms with Crippen LogP contribution in [0.2, 0.25) is 0 Å². The van der Waals surface area contributed by atoms with Gasteiger partial charge < -0.3 is 20.9 Å². The number of rotatable bonds is 4. The summed E-state index contributed by atoms with van der Waals surface area (Å²) in [6.07, 6.45) is 3.80. The number of aromatic nitrogens is 3. The number of carbonyl (C=O) groups excluding carboxylic acids is 1. The Morgan fingerprint density at radius 1 is 1.03 bits per heavy atom. The van der Waals surface area contributed by atoms with Crippen molar-refractivity contribution in [2.24, 2.45) is 0 Å². The number of carbonyl (C=O) groups is 1. The van der Waals surface area contributed by atoms with Gasteiger partial charge in [-0.2, -0.15) is 0 Å². The van der Waals surface area contributed by atoms with Gasteiger partial charge in [0.2, 0.25) is 0 Å². The lowest BCUT2D eigenvalue weighted by molar-refractivity contribution is 0.0933. The lowest BCUT2D eigenvalue weighted by Crippen LogP contribution is -2.42. The van der Waals surface area contributed by atoms with Crippen LogP contribution in [0.25, 0.3) is 32.6 Å². The monoisotopic (exact) mass is 484 g/mol. The van der Waals surface area contributed by atoms with E-state index in [1.165, 1.54) is 11.3 Å². The number of piperidine rings is 1. The molecule has 0 atom stereocenters. The van der Waals surface area contributed by atoms with Crippen LogP contribution in [0.1, 0.15) is 22.5 Å². The molecule has 0 unspecified atom stereocenters. The SMILES string of the molecule is Nc1nc2sc(C(=O)NC3CCNCC3)cc2n(-c2ccc3ccn(-c4ccccc4)c3c2)c1=O. The van der Waals surface area contributed by atoms with Gasteiger partial charge in [0.15, 0.2) is 5.82 Å². The first kappa shape index (κ1) is 21.6. The maximum Gasteiger partial charge on any atom is 0.298 e. The average Bonchev–Trinajstić information content (AvgIpc) is 3.50. The standard InChI is InChI=1S/C26H24N6O2S/c27-23-26(34)32(19-7-6-16-10-13-31(20(16)14-19)18-4-2-1-3-5-18)21-15-22(35-25(21)30-23)24(33)29-17-8-11-28-12-9-17/h1-7,10,13-15,17,28H,8-9,11-12H2,(H2,27,30)(H,29,33). The Kier molecular flexibility index (Phi) is 5.35. The number of nitrogens with zero attached hydrogens (tertiary/aromatic N) is 3. The van der Waals surface area contributed by atoms with E-state index in [1.54, 1.807) is 10.6 Å². The molecular formula is C26H24N6O2S. The highest BCUT2D eigenvalue weighted by molar-refractivity contribution is 7.20. The normalized spacial score (nSPS) is 14.5. The smallest absolute Gasteiger partial charge is 0.298 e. The second kappa shape index (κ2) is 8.68. The van der Waals surface area contributed by atoms with Crippen molar-refractivity contribution in [3.63, 3.8) is 0 Å². The van der Waals surface area contributed by atoms with Crippen LogP contribution in [0.4, 0.5) is 5.82 Å². The molecule has 3 aromatic heterocycles. The Morgan fingerprint density at radius 2 is 1.83 bits per heavy atom. The van der Waals surface area contributed by atoms with E-state index in [9.17, 15) is 9.59 Å². The maximum atomic E-state index is 13.2. The summed E-state index contributed by atoms with van der Waals surface area (Å²) in [5.74, 6) is -0.242. The number of hydrogen-bond acceptors (Lipinski definition) is 6. The molecule has 1 saturated heterocycles. The first-order chi connectivity index (χ1) is 17.1. The molecule has 9 heteroatoms. The van der Waals surface area contributed by atoms with E-state index in [-0.39, 0.29) is 17.8 Å². The molecule has 4 N–H and O–H groups in total. The van der Waals surface area contributed by atoms with Crippen LogP contribution in [0, 0.1) is 0 Å². The number of anilines is 1. The predicted octanol–water partition coefficient (Wildman–Crippen LogP) is 3.46. The van der Waals surface area contributed by atoms with Gasteiger partial charge in [-0.15, -0.1) is 11.3 Å². The summed E-state index contributed by atoms with van der Waals surface area (Å²) in [5.41, 5.74) is 8.84. The zero-order valence-corrected chi connectivity index (χ0v) is 19.7. The van der Waals surface area contributed by atoms with Crippen LogP contribution in [0.5, 0.6) is 0 Å². The quantitative estimate of drug-likeness (QED) is 0.362. The van der Waals surface area contributed by atoms with Gasteiger partial charge >= 0.3 is 0 Å². The molecule has 1 aliphatic heterocycles. The van der Waals surface area contributed by atoms with Crippen LogP contribution in [0.15, 0.2) is 71.7 Å². The number of para-hydroxylation sites is 1. The van der Waals surface area contributed by atoms with E-state index in [2.05, 4.69) is 20.2 Å². The number of fused-ring (bicyclic) bond motifs is 2. The molecule has 0 spiro atoms. The first-order valence-electron chi connectivity index (χ1n) is 11.6. The summed E-state index contributed by atoms with van der Waals surface area (Å²) in [6.45, 7) is 1.78. The number of nitrogens with two attached hydrogens (primary N) is 1. The minimum atomic E-state index is -0.405. The molecule has 4 heterocycles. The van der Waals surface area contributed by atoms with Crippen molar-refractivity contribution in [2.75, 3.05) is 18.8 Å². The molecule has 5 aromatic rings. The Balaban J connectivity index is 1.45. The van der Waals surface area contributed by atoms with Gasteiger partial charge in [0, 0.05) is 23.3 Å². The molecule has 0 saturated carbocycles. The molecule has 8 nitrogen and oxygen atoms in total. The molecule has 1 aliphatic rings. The number of hydrogen-bond donors (Lipinski definition) is 3. The molecule has 0 radical (unpaired) electrons. The highest BCUT2D eigenvalue weighted by Gasteiger charge is 2.21. The minimum absolute atomic E-state index is 0.0943. The van der Waals surface area contributed by atoms with E-state index in [0.717, 1.165) is 42.5 Å². The first-order valence-corrected chi connectivity index (χ1v) is 12.4. The summed E-state index contributed by atoms with van der Waals surface area (Å²) in [6, 6.07) is 19.8. The van der Waals surface area contributed by atoms with E-state index < -0.39 is 5.56 Å². The fraction of sp³-hybridized carbons (Fsp3) is 0.192. The van der Waals surface area contributed by atoms with Crippen LogP contribution in [-0.4, -0.2) is 39.2 Å². The molecule has 0 bridgehead atoms. The summed E-state index contributed by atoms with van der Waals surface area (Å²) < 4.78 is 3.63. The van der Waals surface area contributed by atoms with Gasteiger partial charge in [-0.25, -0.2) is 4.98 Å². The molecule has 2 aromatic carbocycles. The lowest BCUT2D eigenvalue weighted by Gasteiger charge is -2.23. The van der Waals surface area contributed by atoms with Crippen molar-refractivity contribution in [3.05, 3.63) is 82.1 Å². The number of nitrogen functional groups attached to an aromatic ring is 1. The number of nitrogens with one attached hydrogen (secondary N) is 2. The van der Waals surface area contributed by atoms with Crippen molar-refractivity contribution < 1.29 is 4.79 Å². The summed E-state index contributed by atoms with van der Waals surface area (Å²) >= 11 is 1.25. The van der Waals surface area contributed by atoms with Crippen LogP contribution in [-0.2, 0) is 0 Å². The molecule has 35 heavy (non-hydrogen) atoms. The van der Waals surface area contributed by atoms with Gasteiger partial charge in [0.1, 0.15) is 4.83 Å². The Hall–Kier alpha value is -3.95. The average molecular weight is 485 g/mol. The fourth-order valence-corrected chi connectivity index (χ4v) is 5.58. The zero-order valence-electron chi connectivity index (χ0n) is 18.9. The molecule has 6 rings (SSSR count). The predicted molar refractivity (Wildman–Crippen MR) is 140 cm³/mol. The summed E-state index contributed by atoms with van der Waals surface area (Å²) in [5, 5.41) is 7.46. The molecule has 1 fully saturated rings. The maximum absolute atomic E-state index is 13.2. The second-order valence-corrected chi connectivity index (χ2v) is 9.73. The summed E-state index contributed by atoms with van der Waals surface area (Å²) in [4.78, 5) is 31.5. The van der Waals surface area contributed by atoms with Crippen LogP contribution in [0.3, 0.4) is 0 Å². The third-order valence-electron chi connectivity index (χ3n) is 6.45. The topological polar surface area (TPSA) is 107 Å². The van der Waals surface area contributed by atoms with Crippen molar-refractivity contribution >= 4 is 44.3 Å². The van der Waals surface area contributed by atoms with Crippen molar-refractivity contribution in [1.29, 1.82) is 0 Å².